The average molecular weight is 333 g/mol. The minimum absolute atomic E-state index is 0.917. The summed E-state index contributed by atoms with van der Waals surface area (Å²) < 4.78 is 1.02. The van der Waals surface area contributed by atoms with Crippen molar-refractivity contribution in [3.05, 3.63) is 66.9 Å². The Labute approximate surface area is 149 Å². The largest absolute Gasteiger partial charge is 0.364 e. The van der Waals surface area contributed by atoms with Crippen molar-refractivity contribution in [2.24, 2.45) is 0 Å². The molecule has 4 nitrogen and oxygen atoms in total. The van der Waals surface area contributed by atoms with Crippen LogP contribution in [0.4, 0.5) is 11.5 Å². The normalized spacial score (nSPS) is 16.6. The summed E-state index contributed by atoms with van der Waals surface area (Å²) in [5.74, 6) is 0.953. The van der Waals surface area contributed by atoms with Gasteiger partial charge in [-0.3, -0.25) is 4.48 Å². The maximum atomic E-state index is 4.38. The zero-order valence-electron chi connectivity index (χ0n) is 14.5. The maximum Gasteiger partial charge on any atom is 0.140 e. The van der Waals surface area contributed by atoms with Crippen molar-refractivity contribution in [2.75, 3.05) is 44.6 Å². The van der Waals surface area contributed by atoms with Gasteiger partial charge in [-0.15, -0.1) is 0 Å². The van der Waals surface area contributed by atoms with E-state index in [1.165, 1.54) is 16.5 Å². The van der Waals surface area contributed by atoms with Crippen molar-refractivity contribution in [2.45, 2.75) is 0 Å². The predicted molar refractivity (Wildman–Crippen MR) is 106 cm³/mol. The fourth-order valence-corrected chi connectivity index (χ4v) is 3.90. The zero-order chi connectivity index (χ0) is 17.0. The van der Waals surface area contributed by atoms with Crippen molar-refractivity contribution in [3.8, 4) is 0 Å². The number of quaternary nitrogens is 1. The van der Waals surface area contributed by atoms with Gasteiger partial charge in [0.15, 0.2) is 0 Å². The Morgan fingerprint density at radius 3 is 2.56 bits per heavy atom. The number of hydrogen-bond acceptors (Lipinski definition) is 3. The molecule has 2 heterocycles. The first-order valence-corrected chi connectivity index (χ1v) is 9.07. The standard InChI is InChI=1S/C21H25N4/c1-2-8-19-18(6-1)7-5-9-20(19)25(15-12-22-13-16-25)17-14-24-21-10-3-4-11-23-21/h1-11,22H,12-17H2,(H,23,24)/q+1. The second-order valence-electron chi connectivity index (χ2n) is 6.71. The predicted octanol–water partition coefficient (Wildman–Crippen LogP) is 3.26. The molecule has 0 amide bonds. The van der Waals surface area contributed by atoms with Gasteiger partial charge in [0.05, 0.1) is 19.6 Å². The van der Waals surface area contributed by atoms with Crippen molar-refractivity contribution in [1.82, 2.24) is 14.8 Å². The number of nitrogens with zero attached hydrogens (tertiary/aromatic N) is 2. The molecule has 2 N–H and O–H groups in total. The van der Waals surface area contributed by atoms with Gasteiger partial charge in [-0.2, -0.15) is 0 Å². The van der Waals surface area contributed by atoms with Crippen LogP contribution in [0.1, 0.15) is 0 Å². The summed E-state index contributed by atoms with van der Waals surface area (Å²) in [6, 6.07) is 21.5. The first kappa shape index (κ1) is 16.1. The lowest BCUT2D eigenvalue weighted by Gasteiger charge is -2.42. The van der Waals surface area contributed by atoms with Gasteiger partial charge in [0.2, 0.25) is 0 Å². The van der Waals surface area contributed by atoms with Crippen LogP contribution < -0.4 is 15.1 Å². The van der Waals surface area contributed by atoms with Crippen LogP contribution in [0, 0.1) is 0 Å². The van der Waals surface area contributed by atoms with Crippen LogP contribution >= 0.6 is 0 Å². The molecule has 4 heteroatoms. The van der Waals surface area contributed by atoms with E-state index in [4.69, 9.17) is 0 Å². The van der Waals surface area contributed by atoms with E-state index >= 15 is 0 Å². The molecule has 1 aromatic heterocycles. The molecule has 1 aliphatic rings. The molecule has 3 aromatic rings. The van der Waals surface area contributed by atoms with E-state index in [-0.39, 0.29) is 0 Å². The molecule has 0 radical (unpaired) electrons. The molecule has 1 fully saturated rings. The molecule has 1 saturated heterocycles. The third-order valence-electron chi connectivity index (χ3n) is 5.22. The summed E-state index contributed by atoms with van der Waals surface area (Å²) in [7, 11) is 0. The second-order valence-corrected chi connectivity index (χ2v) is 6.71. The van der Waals surface area contributed by atoms with Crippen molar-refractivity contribution in [3.63, 3.8) is 0 Å². The van der Waals surface area contributed by atoms with Crippen molar-refractivity contribution >= 4 is 22.3 Å². The number of anilines is 1. The Hall–Kier alpha value is -2.43. The lowest BCUT2D eigenvalue weighted by atomic mass is 10.0. The van der Waals surface area contributed by atoms with Gasteiger partial charge >= 0.3 is 0 Å². The third kappa shape index (κ3) is 3.36. The molecule has 0 spiro atoms. The summed E-state index contributed by atoms with van der Waals surface area (Å²) in [5.41, 5.74) is 1.45. The summed E-state index contributed by atoms with van der Waals surface area (Å²) in [6.45, 7) is 6.35. The van der Waals surface area contributed by atoms with Gasteiger partial charge in [0, 0.05) is 24.7 Å². The summed E-state index contributed by atoms with van der Waals surface area (Å²) >= 11 is 0. The molecule has 0 unspecified atom stereocenters. The monoisotopic (exact) mass is 333 g/mol. The van der Waals surface area contributed by atoms with Gasteiger partial charge in [0.1, 0.15) is 18.1 Å². The van der Waals surface area contributed by atoms with Crippen LogP contribution in [0.15, 0.2) is 66.9 Å². The van der Waals surface area contributed by atoms with Gasteiger partial charge in [0.25, 0.3) is 0 Å². The molecule has 0 aliphatic carbocycles. The number of pyridine rings is 1. The van der Waals surface area contributed by atoms with E-state index in [9.17, 15) is 0 Å². The number of rotatable bonds is 5. The lowest BCUT2D eigenvalue weighted by Crippen LogP contribution is -2.61. The highest BCUT2D eigenvalue weighted by molar-refractivity contribution is 5.93. The summed E-state index contributed by atoms with van der Waals surface area (Å²) in [6.07, 6.45) is 1.84. The Kier molecular flexibility index (Phi) is 4.63. The van der Waals surface area contributed by atoms with Crippen LogP contribution in [-0.4, -0.2) is 44.3 Å². The van der Waals surface area contributed by atoms with E-state index < -0.39 is 0 Å². The van der Waals surface area contributed by atoms with Crippen LogP contribution in [0.25, 0.3) is 10.8 Å². The minimum atomic E-state index is 0.917. The number of fused-ring (bicyclic) bond motifs is 1. The smallest absolute Gasteiger partial charge is 0.140 e. The summed E-state index contributed by atoms with van der Waals surface area (Å²) in [4.78, 5) is 4.38. The topological polar surface area (TPSA) is 37.0 Å². The minimum Gasteiger partial charge on any atom is -0.364 e. The Balaban J connectivity index is 1.62. The Morgan fingerprint density at radius 1 is 0.920 bits per heavy atom. The highest BCUT2D eigenvalue weighted by atomic mass is 15.4. The first-order valence-electron chi connectivity index (χ1n) is 9.07. The van der Waals surface area contributed by atoms with E-state index in [0.29, 0.717) is 0 Å². The van der Waals surface area contributed by atoms with Crippen LogP contribution in [0.5, 0.6) is 0 Å². The van der Waals surface area contributed by atoms with Gasteiger partial charge in [-0.1, -0.05) is 36.4 Å². The van der Waals surface area contributed by atoms with Crippen molar-refractivity contribution < 1.29 is 0 Å². The van der Waals surface area contributed by atoms with Crippen LogP contribution in [0.2, 0.25) is 0 Å². The second kappa shape index (κ2) is 7.21. The van der Waals surface area contributed by atoms with E-state index in [1.807, 2.05) is 24.4 Å². The Bertz CT molecular complexity index is 820. The average Bonchev–Trinajstić information content (AvgIpc) is 2.69. The molecule has 0 bridgehead atoms. The molecule has 0 saturated carbocycles. The molecule has 1 aliphatic heterocycles. The SMILES string of the molecule is c1ccc(NCC[N+]2(c3cccc4ccccc34)CCNCC2)nc1. The molecule has 0 atom stereocenters. The van der Waals surface area contributed by atoms with E-state index in [0.717, 1.165) is 49.6 Å². The van der Waals surface area contributed by atoms with Crippen LogP contribution in [0.3, 0.4) is 0 Å². The fraction of sp³-hybridized carbons (Fsp3) is 0.286. The van der Waals surface area contributed by atoms with E-state index in [1.54, 1.807) is 0 Å². The molecule has 25 heavy (non-hydrogen) atoms. The third-order valence-corrected chi connectivity index (χ3v) is 5.22. The van der Waals surface area contributed by atoms with Crippen LogP contribution in [-0.2, 0) is 0 Å². The maximum absolute atomic E-state index is 4.38. The zero-order valence-corrected chi connectivity index (χ0v) is 14.5. The van der Waals surface area contributed by atoms with E-state index in [2.05, 4.69) is 58.1 Å². The molecule has 2 aromatic carbocycles. The van der Waals surface area contributed by atoms with Gasteiger partial charge in [-0.25, -0.2) is 4.98 Å². The highest BCUT2D eigenvalue weighted by Gasteiger charge is 2.33. The quantitative estimate of drug-likeness (QED) is 0.704. The number of aromatic nitrogens is 1. The molecular formula is C21H25N4+. The molecular weight excluding hydrogens is 308 g/mol. The number of hydrogen-bond donors (Lipinski definition) is 2. The Morgan fingerprint density at radius 2 is 1.72 bits per heavy atom. The van der Waals surface area contributed by atoms with Gasteiger partial charge in [-0.05, 0) is 29.7 Å². The number of nitrogens with one attached hydrogen (secondary N) is 2. The molecule has 128 valence electrons. The van der Waals surface area contributed by atoms with Gasteiger partial charge < -0.3 is 10.6 Å². The number of benzene rings is 2. The first-order chi connectivity index (χ1) is 12.4. The lowest BCUT2D eigenvalue weighted by molar-refractivity contribution is 0.250. The summed E-state index contributed by atoms with van der Waals surface area (Å²) in [5, 5.41) is 9.71. The molecule has 4 rings (SSSR count). The van der Waals surface area contributed by atoms with Crippen molar-refractivity contribution in [1.29, 1.82) is 0 Å². The number of piperazine rings is 1. The fourth-order valence-electron chi connectivity index (χ4n) is 3.90. The highest BCUT2D eigenvalue weighted by Crippen LogP contribution is 2.32.